The molecule has 0 atom stereocenters. The first-order chi connectivity index (χ1) is 8.33. The van der Waals surface area contributed by atoms with E-state index in [-0.39, 0.29) is 0 Å². The topological polar surface area (TPSA) is 90.1 Å². The van der Waals surface area contributed by atoms with Gasteiger partial charge in [0.25, 0.3) is 6.01 Å². The summed E-state index contributed by atoms with van der Waals surface area (Å²) in [6.07, 6.45) is 1.58. The average molecular weight is 230 g/mol. The van der Waals surface area contributed by atoms with Gasteiger partial charge in [-0.1, -0.05) is 11.2 Å². The summed E-state index contributed by atoms with van der Waals surface area (Å²) < 4.78 is 10.4. The third kappa shape index (κ3) is 1.80. The van der Waals surface area contributed by atoms with Crippen molar-refractivity contribution in [1.29, 1.82) is 0 Å². The molecule has 2 heterocycles. The Morgan fingerprint density at radius 3 is 3.00 bits per heavy atom. The predicted molar refractivity (Wildman–Crippen MR) is 62.3 cm³/mol. The second-order valence-corrected chi connectivity index (χ2v) is 3.55. The molecule has 0 aliphatic carbocycles. The molecule has 0 unspecified atom stereocenters. The highest BCUT2D eigenvalue weighted by Crippen LogP contribution is 2.23. The maximum Gasteiger partial charge on any atom is 0.296 e. The molecule has 6 nitrogen and oxygen atoms in total. The summed E-state index contributed by atoms with van der Waals surface area (Å²) in [4.78, 5) is 4.25. The van der Waals surface area contributed by atoms with Crippen LogP contribution < -0.4 is 11.1 Å². The molecule has 0 bridgehead atoms. The lowest BCUT2D eigenvalue weighted by atomic mass is 10.3. The van der Waals surface area contributed by atoms with Crippen molar-refractivity contribution in [2.45, 2.75) is 6.54 Å². The number of nitrogens with one attached hydrogen (secondary N) is 1. The van der Waals surface area contributed by atoms with Gasteiger partial charge in [0.05, 0.1) is 18.4 Å². The van der Waals surface area contributed by atoms with Crippen LogP contribution in [0.4, 0.5) is 11.7 Å². The standard InChI is InChI=1S/C11H10N4O2/c12-8-2-1-3-9-10(8)15-11(16-9)13-6-7-4-5-14-17-7/h1-5H,6,12H2,(H,13,15). The van der Waals surface area contributed by atoms with Crippen molar-refractivity contribution >= 4 is 22.8 Å². The second-order valence-electron chi connectivity index (χ2n) is 3.55. The molecule has 17 heavy (non-hydrogen) atoms. The summed E-state index contributed by atoms with van der Waals surface area (Å²) in [7, 11) is 0. The van der Waals surface area contributed by atoms with Crippen LogP contribution in [-0.2, 0) is 6.54 Å². The SMILES string of the molecule is Nc1cccc2oc(NCc3ccno3)nc12. The number of aromatic nitrogens is 2. The Balaban J connectivity index is 1.84. The normalized spacial score (nSPS) is 10.8. The van der Waals surface area contributed by atoms with Crippen molar-refractivity contribution in [3.8, 4) is 0 Å². The lowest BCUT2D eigenvalue weighted by Gasteiger charge is -1.95. The summed E-state index contributed by atoms with van der Waals surface area (Å²) in [5.74, 6) is 0.709. The zero-order chi connectivity index (χ0) is 11.7. The van der Waals surface area contributed by atoms with Gasteiger partial charge in [0.1, 0.15) is 5.52 Å². The molecule has 3 aromatic rings. The summed E-state index contributed by atoms with van der Waals surface area (Å²) in [6, 6.07) is 7.60. The van der Waals surface area contributed by atoms with Crippen LogP contribution >= 0.6 is 0 Å². The number of fused-ring (bicyclic) bond motifs is 1. The number of para-hydroxylation sites is 1. The van der Waals surface area contributed by atoms with Gasteiger partial charge in [-0.15, -0.1) is 0 Å². The smallest absolute Gasteiger partial charge is 0.296 e. The summed E-state index contributed by atoms with van der Waals surface area (Å²) in [6.45, 7) is 0.465. The van der Waals surface area contributed by atoms with Crippen molar-refractivity contribution in [3.05, 3.63) is 36.2 Å². The molecule has 86 valence electrons. The molecule has 0 fully saturated rings. The summed E-state index contributed by atoms with van der Waals surface area (Å²) in [5, 5.41) is 6.60. The van der Waals surface area contributed by atoms with Crippen LogP contribution in [0.1, 0.15) is 5.76 Å². The van der Waals surface area contributed by atoms with Crippen LogP contribution in [0.25, 0.3) is 11.1 Å². The Bertz CT molecular complexity index is 630. The molecule has 0 aliphatic heterocycles. The van der Waals surface area contributed by atoms with Crippen molar-refractivity contribution in [2.75, 3.05) is 11.1 Å². The van der Waals surface area contributed by atoms with Crippen LogP contribution in [0.3, 0.4) is 0 Å². The minimum absolute atomic E-state index is 0.411. The van der Waals surface area contributed by atoms with Gasteiger partial charge in [-0.3, -0.25) is 0 Å². The molecule has 0 amide bonds. The van der Waals surface area contributed by atoms with Crippen molar-refractivity contribution in [1.82, 2.24) is 10.1 Å². The zero-order valence-corrected chi connectivity index (χ0v) is 8.88. The van der Waals surface area contributed by atoms with Gasteiger partial charge < -0.3 is 20.0 Å². The number of rotatable bonds is 3. The molecule has 0 radical (unpaired) electrons. The highest BCUT2D eigenvalue weighted by Gasteiger charge is 2.08. The third-order valence-electron chi connectivity index (χ3n) is 2.36. The Hall–Kier alpha value is -2.50. The number of hydrogen-bond donors (Lipinski definition) is 2. The van der Waals surface area contributed by atoms with Crippen molar-refractivity contribution < 1.29 is 8.94 Å². The fraction of sp³-hybridized carbons (Fsp3) is 0.0909. The quantitative estimate of drug-likeness (QED) is 0.669. The van der Waals surface area contributed by atoms with Gasteiger partial charge in [0.2, 0.25) is 0 Å². The summed E-state index contributed by atoms with van der Waals surface area (Å²) in [5.41, 5.74) is 7.70. The average Bonchev–Trinajstić information content (AvgIpc) is 2.95. The molecular formula is C11H10N4O2. The van der Waals surface area contributed by atoms with Gasteiger partial charge in [-0.25, -0.2) is 0 Å². The minimum atomic E-state index is 0.411. The molecule has 0 spiro atoms. The molecule has 3 N–H and O–H groups in total. The van der Waals surface area contributed by atoms with Crippen LogP contribution in [-0.4, -0.2) is 10.1 Å². The lowest BCUT2D eigenvalue weighted by molar-refractivity contribution is 0.387. The fourth-order valence-corrected chi connectivity index (χ4v) is 1.54. The Labute approximate surface area is 96.4 Å². The van der Waals surface area contributed by atoms with E-state index in [2.05, 4.69) is 15.5 Å². The number of oxazole rings is 1. The number of nitrogen functional groups attached to an aromatic ring is 1. The molecule has 0 saturated carbocycles. The van der Waals surface area contributed by atoms with Crippen LogP contribution in [0.2, 0.25) is 0 Å². The molecule has 0 aliphatic rings. The molecule has 2 aromatic heterocycles. The Morgan fingerprint density at radius 1 is 1.29 bits per heavy atom. The van der Waals surface area contributed by atoms with Crippen LogP contribution in [0, 0.1) is 0 Å². The Morgan fingerprint density at radius 2 is 2.24 bits per heavy atom. The van der Waals surface area contributed by atoms with Gasteiger partial charge >= 0.3 is 0 Å². The van der Waals surface area contributed by atoms with Crippen molar-refractivity contribution in [2.24, 2.45) is 0 Å². The minimum Gasteiger partial charge on any atom is -0.423 e. The van der Waals surface area contributed by atoms with E-state index in [4.69, 9.17) is 14.7 Å². The number of hydrogen-bond acceptors (Lipinski definition) is 6. The Kier molecular flexibility index (Phi) is 2.18. The molecular weight excluding hydrogens is 220 g/mol. The third-order valence-corrected chi connectivity index (χ3v) is 2.36. The highest BCUT2D eigenvalue weighted by atomic mass is 16.5. The number of benzene rings is 1. The van der Waals surface area contributed by atoms with E-state index in [9.17, 15) is 0 Å². The fourth-order valence-electron chi connectivity index (χ4n) is 1.54. The maximum absolute atomic E-state index is 5.78. The molecule has 3 rings (SSSR count). The molecule has 1 aromatic carbocycles. The van der Waals surface area contributed by atoms with Crippen molar-refractivity contribution in [3.63, 3.8) is 0 Å². The van der Waals surface area contributed by atoms with Crippen LogP contribution in [0.5, 0.6) is 0 Å². The van der Waals surface area contributed by atoms with E-state index >= 15 is 0 Å². The number of nitrogens with zero attached hydrogens (tertiary/aromatic N) is 2. The first-order valence-corrected chi connectivity index (χ1v) is 5.11. The molecule has 0 saturated heterocycles. The predicted octanol–water partition coefficient (Wildman–Crippen LogP) is 2.01. The van der Waals surface area contributed by atoms with E-state index in [1.54, 1.807) is 18.3 Å². The first kappa shape index (κ1) is 9.71. The van der Waals surface area contributed by atoms with E-state index in [1.165, 1.54) is 0 Å². The molecule has 6 heteroatoms. The largest absolute Gasteiger partial charge is 0.423 e. The first-order valence-electron chi connectivity index (χ1n) is 5.11. The lowest BCUT2D eigenvalue weighted by Crippen LogP contribution is -1.97. The zero-order valence-electron chi connectivity index (χ0n) is 8.88. The highest BCUT2D eigenvalue weighted by molar-refractivity contribution is 5.86. The summed E-state index contributed by atoms with van der Waals surface area (Å²) >= 11 is 0. The van der Waals surface area contributed by atoms with E-state index in [1.807, 2.05) is 12.1 Å². The van der Waals surface area contributed by atoms with Crippen LogP contribution in [0.15, 0.2) is 39.4 Å². The van der Waals surface area contributed by atoms with Gasteiger partial charge in [-0.05, 0) is 12.1 Å². The maximum atomic E-state index is 5.78. The number of nitrogens with two attached hydrogens (primary N) is 1. The monoisotopic (exact) mass is 230 g/mol. The van der Waals surface area contributed by atoms with Gasteiger partial charge in [0.15, 0.2) is 11.3 Å². The van der Waals surface area contributed by atoms with E-state index in [0.29, 0.717) is 35.1 Å². The van der Waals surface area contributed by atoms with Gasteiger partial charge in [-0.2, -0.15) is 4.98 Å². The van der Waals surface area contributed by atoms with E-state index in [0.717, 1.165) is 0 Å². The van der Waals surface area contributed by atoms with Gasteiger partial charge in [0, 0.05) is 6.07 Å². The number of anilines is 2. The van der Waals surface area contributed by atoms with E-state index < -0.39 is 0 Å². The second kappa shape index (κ2) is 3.82.